The molecule has 1 atom stereocenters. The van der Waals surface area contributed by atoms with Gasteiger partial charge in [-0.25, -0.2) is 4.68 Å². The molecule has 4 heteroatoms. The summed E-state index contributed by atoms with van der Waals surface area (Å²) in [6.45, 7) is 2.10. The van der Waals surface area contributed by atoms with Crippen LogP contribution >= 0.6 is 0 Å². The fraction of sp³-hybridized carbons (Fsp3) is 0.0909. The number of benzene rings is 3. The Hall–Kier alpha value is -3.40. The molecule has 0 radical (unpaired) electrons. The Morgan fingerprint density at radius 1 is 0.923 bits per heavy atom. The number of nitrogens with one attached hydrogen (secondary N) is 1. The van der Waals surface area contributed by atoms with Crippen molar-refractivity contribution in [2.45, 2.75) is 13.0 Å². The van der Waals surface area contributed by atoms with Crippen molar-refractivity contribution in [3.8, 4) is 0 Å². The molecule has 1 aromatic heterocycles. The van der Waals surface area contributed by atoms with Gasteiger partial charge in [-0.3, -0.25) is 0 Å². The summed E-state index contributed by atoms with van der Waals surface area (Å²) in [6, 6.07) is 23.4. The maximum absolute atomic E-state index is 4.46. The Kier molecular flexibility index (Phi) is 3.35. The molecule has 0 saturated carbocycles. The zero-order chi connectivity index (χ0) is 17.5. The van der Waals surface area contributed by atoms with Gasteiger partial charge in [0.15, 0.2) is 0 Å². The minimum Gasteiger partial charge on any atom is -0.324 e. The Labute approximate surface area is 151 Å². The van der Waals surface area contributed by atoms with Gasteiger partial charge in [0.25, 0.3) is 0 Å². The normalized spacial score (nSPS) is 16.0. The predicted molar refractivity (Wildman–Crippen MR) is 105 cm³/mol. The van der Waals surface area contributed by atoms with Crippen LogP contribution in [0.1, 0.15) is 22.7 Å². The van der Waals surface area contributed by atoms with Crippen LogP contribution in [0.2, 0.25) is 0 Å². The highest BCUT2D eigenvalue weighted by atomic mass is 15.4. The molecule has 4 aromatic rings. The Morgan fingerprint density at radius 3 is 2.62 bits per heavy atom. The summed E-state index contributed by atoms with van der Waals surface area (Å²) >= 11 is 0. The van der Waals surface area contributed by atoms with Gasteiger partial charge in [-0.1, -0.05) is 72.3 Å². The smallest absolute Gasteiger partial charge is 0.226 e. The summed E-state index contributed by atoms with van der Waals surface area (Å²) < 4.78 is 1.94. The number of fused-ring (bicyclic) bond motifs is 2. The van der Waals surface area contributed by atoms with Crippen molar-refractivity contribution in [2.75, 3.05) is 5.32 Å². The summed E-state index contributed by atoms with van der Waals surface area (Å²) in [5, 5.41) is 10.3. The first kappa shape index (κ1) is 14.9. The van der Waals surface area contributed by atoms with Gasteiger partial charge in [0.2, 0.25) is 5.95 Å². The number of rotatable bonds is 2. The predicted octanol–water partition coefficient (Wildman–Crippen LogP) is 4.80. The molecule has 0 fully saturated rings. The van der Waals surface area contributed by atoms with Crippen molar-refractivity contribution in [1.82, 2.24) is 14.8 Å². The van der Waals surface area contributed by atoms with Crippen LogP contribution in [0.25, 0.3) is 16.5 Å². The SMILES string of the molecule is Cc1ccc(C2=C[C@H](c3cccc4ccccc34)n3ncnc3N2)cc1. The first-order valence-corrected chi connectivity index (χ1v) is 8.73. The van der Waals surface area contributed by atoms with E-state index in [1.54, 1.807) is 6.33 Å². The Morgan fingerprint density at radius 2 is 1.73 bits per heavy atom. The van der Waals surface area contributed by atoms with Gasteiger partial charge in [-0.2, -0.15) is 10.1 Å². The van der Waals surface area contributed by atoms with Crippen LogP contribution < -0.4 is 5.32 Å². The largest absolute Gasteiger partial charge is 0.324 e. The Balaban J connectivity index is 1.70. The van der Waals surface area contributed by atoms with Gasteiger partial charge >= 0.3 is 0 Å². The van der Waals surface area contributed by atoms with Crippen LogP contribution in [0.5, 0.6) is 0 Å². The molecule has 0 unspecified atom stereocenters. The van der Waals surface area contributed by atoms with Crippen LogP contribution in [0.3, 0.4) is 0 Å². The summed E-state index contributed by atoms with van der Waals surface area (Å²) in [7, 11) is 0. The summed E-state index contributed by atoms with van der Waals surface area (Å²) in [4.78, 5) is 4.41. The molecule has 0 aliphatic carbocycles. The number of anilines is 1. The van der Waals surface area contributed by atoms with Crippen molar-refractivity contribution in [3.63, 3.8) is 0 Å². The van der Waals surface area contributed by atoms with Crippen molar-refractivity contribution < 1.29 is 0 Å². The lowest BCUT2D eigenvalue weighted by molar-refractivity contribution is 0.615. The molecule has 0 spiro atoms. The molecule has 4 nitrogen and oxygen atoms in total. The second kappa shape index (κ2) is 5.85. The first-order chi connectivity index (χ1) is 12.8. The number of nitrogens with zero attached hydrogens (tertiary/aromatic N) is 3. The van der Waals surface area contributed by atoms with E-state index in [1.807, 2.05) is 4.68 Å². The van der Waals surface area contributed by atoms with Crippen molar-refractivity contribution in [1.29, 1.82) is 0 Å². The number of allylic oxidation sites excluding steroid dienone is 1. The molecule has 0 saturated heterocycles. The molecule has 1 N–H and O–H groups in total. The van der Waals surface area contributed by atoms with Crippen molar-refractivity contribution >= 4 is 22.4 Å². The van der Waals surface area contributed by atoms with E-state index in [-0.39, 0.29) is 6.04 Å². The molecule has 1 aliphatic heterocycles. The van der Waals surface area contributed by atoms with Crippen LogP contribution in [0, 0.1) is 6.92 Å². The molecular weight excluding hydrogens is 320 g/mol. The zero-order valence-corrected chi connectivity index (χ0v) is 14.4. The highest BCUT2D eigenvalue weighted by Crippen LogP contribution is 2.35. The third-order valence-corrected chi connectivity index (χ3v) is 4.91. The van der Waals surface area contributed by atoms with Gasteiger partial charge in [0, 0.05) is 5.70 Å². The molecule has 0 bridgehead atoms. The monoisotopic (exact) mass is 338 g/mol. The standard InChI is InChI=1S/C22H18N4/c1-15-9-11-17(12-10-15)20-13-21(26-22(25-20)23-14-24-26)19-8-4-6-16-5-2-3-7-18(16)19/h2-14,21H,1H3,(H,23,24,25)/t21-/m1/s1. The quantitative estimate of drug-likeness (QED) is 0.571. The minimum atomic E-state index is -0.00356. The van der Waals surface area contributed by atoms with Gasteiger partial charge in [0.1, 0.15) is 12.4 Å². The second-order valence-electron chi connectivity index (χ2n) is 6.61. The fourth-order valence-corrected chi connectivity index (χ4v) is 3.57. The molecule has 126 valence electrons. The van der Waals surface area contributed by atoms with Crippen LogP contribution in [-0.2, 0) is 0 Å². The van der Waals surface area contributed by atoms with Crippen LogP contribution in [0.15, 0.2) is 79.1 Å². The minimum absolute atomic E-state index is 0.00356. The third-order valence-electron chi connectivity index (χ3n) is 4.91. The second-order valence-corrected chi connectivity index (χ2v) is 6.61. The van der Waals surface area contributed by atoms with E-state index in [1.165, 1.54) is 21.9 Å². The first-order valence-electron chi connectivity index (χ1n) is 8.73. The number of hydrogen-bond donors (Lipinski definition) is 1. The highest BCUT2D eigenvalue weighted by Gasteiger charge is 2.24. The van der Waals surface area contributed by atoms with E-state index < -0.39 is 0 Å². The van der Waals surface area contributed by atoms with Gasteiger partial charge in [-0.05, 0) is 34.9 Å². The van der Waals surface area contributed by atoms with E-state index in [4.69, 9.17) is 0 Å². The third kappa shape index (κ3) is 2.39. The number of hydrogen-bond acceptors (Lipinski definition) is 3. The number of aryl methyl sites for hydroxylation is 1. The van der Waals surface area contributed by atoms with Gasteiger partial charge in [0.05, 0.1) is 0 Å². The maximum Gasteiger partial charge on any atom is 0.226 e. The topological polar surface area (TPSA) is 42.7 Å². The lowest BCUT2D eigenvalue weighted by atomic mass is 9.96. The van der Waals surface area contributed by atoms with E-state index in [2.05, 4.69) is 95.1 Å². The fourth-order valence-electron chi connectivity index (χ4n) is 3.57. The van der Waals surface area contributed by atoms with Crippen molar-refractivity contribution in [2.24, 2.45) is 0 Å². The summed E-state index contributed by atoms with van der Waals surface area (Å²) in [5.74, 6) is 0.765. The van der Waals surface area contributed by atoms with Gasteiger partial charge in [-0.15, -0.1) is 0 Å². The molecule has 5 rings (SSSR count). The Bertz CT molecular complexity index is 1120. The summed E-state index contributed by atoms with van der Waals surface area (Å²) in [6.07, 6.45) is 3.83. The van der Waals surface area contributed by atoms with E-state index in [0.29, 0.717) is 0 Å². The van der Waals surface area contributed by atoms with Crippen LogP contribution in [-0.4, -0.2) is 14.8 Å². The molecule has 1 aliphatic rings. The molecule has 3 aromatic carbocycles. The lowest BCUT2D eigenvalue weighted by Crippen LogP contribution is -2.20. The van der Waals surface area contributed by atoms with E-state index in [0.717, 1.165) is 17.2 Å². The van der Waals surface area contributed by atoms with Crippen LogP contribution in [0.4, 0.5) is 5.95 Å². The van der Waals surface area contributed by atoms with Gasteiger partial charge < -0.3 is 5.32 Å². The molecule has 0 amide bonds. The summed E-state index contributed by atoms with van der Waals surface area (Å²) in [5.41, 5.74) is 4.68. The van der Waals surface area contributed by atoms with Crippen molar-refractivity contribution in [3.05, 3.63) is 95.8 Å². The van der Waals surface area contributed by atoms with E-state index in [9.17, 15) is 0 Å². The molecule has 2 heterocycles. The number of aromatic nitrogens is 3. The van der Waals surface area contributed by atoms with E-state index >= 15 is 0 Å². The zero-order valence-electron chi connectivity index (χ0n) is 14.4. The molecule has 26 heavy (non-hydrogen) atoms. The average molecular weight is 338 g/mol. The average Bonchev–Trinajstić information content (AvgIpc) is 3.16. The highest BCUT2D eigenvalue weighted by molar-refractivity contribution is 5.87. The lowest BCUT2D eigenvalue weighted by Gasteiger charge is -2.25. The maximum atomic E-state index is 4.46. The molecular formula is C22H18N4.